The van der Waals surface area contributed by atoms with Gasteiger partial charge in [-0.15, -0.1) is 0 Å². The highest BCUT2D eigenvalue weighted by Gasteiger charge is 2.39. The van der Waals surface area contributed by atoms with E-state index in [1.165, 1.54) is 39.9 Å². The molecular formula is C22H18ClN3O3S2. The zero-order chi connectivity index (χ0) is 21.6. The van der Waals surface area contributed by atoms with Gasteiger partial charge in [0.15, 0.2) is 5.13 Å². The monoisotopic (exact) mass is 471 g/mol. The van der Waals surface area contributed by atoms with Crippen LogP contribution in [0.15, 0.2) is 65.6 Å². The number of hydrogen-bond acceptors (Lipinski definition) is 5. The molecule has 0 aliphatic carbocycles. The van der Waals surface area contributed by atoms with E-state index in [0.717, 1.165) is 21.0 Å². The van der Waals surface area contributed by atoms with Gasteiger partial charge in [-0.05, 0) is 48.6 Å². The van der Waals surface area contributed by atoms with Crippen LogP contribution in [0.25, 0.3) is 21.0 Å². The van der Waals surface area contributed by atoms with Gasteiger partial charge in [0.2, 0.25) is 15.9 Å². The lowest BCUT2D eigenvalue weighted by Gasteiger charge is -2.23. The largest absolute Gasteiger partial charge is 0.301 e. The number of amides is 1. The average molecular weight is 472 g/mol. The summed E-state index contributed by atoms with van der Waals surface area (Å²) in [5, 5.41) is 5.94. The van der Waals surface area contributed by atoms with Crippen LogP contribution < -0.4 is 5.32 Å². The van der Waals surface area contributed by atoms with E-state index in [1.54, 1.807) is 0 Å². The molecule has 1 amide bonds. The number of nitrogens with zero attached hydrogens (tertiary/aromatic N) is 2. The molecule has 0 radical (unpaired) electrons. The van der Waals surface area contributed by atoms with E-state index >= 15 is 0 Å². The van der Waals surface area contributed by atoms with Crippen molar-refractivity contribution in [3.8, 4) is 0 Å². The Morgan fingerprint density at radius 3 is 2.68 bits per heavy atom. The summed E-state index contributed by atoms with van der Waals surface area (Å²) in [5.74, 6) is -0.363. The number of nitrogens with one attached hydrogen (secondary N) is 1. The Balaban J connectivity index is 1.42. The van der Waals surface area contributed by atoms with Crippen LogP contribution in [0, 0.1) is 0 Å². The topological polar surface area (TPSA) is 79.4 Å². The molecule has 158 valence electrons. The first-order valence-electron chi connectivity index (χ1n) is 9.80. The van der Waals surface area contributed by atoms with Crippen molar-refractivity contribution in [1.82, 2.24) is 9.29 Å². The number of rotatable bonds is 4. The third-order valence-corrected chi connectivity index (χ3v) is 8.63. The van der Waals surface area contributed by atoms with E-state index in [2.05, 4.69) is 10.3 Å². The predicted molar refractivity (Wildman–Crippen MR) is 124 cm³/mol. The lowest BCUT2D eigenvalue weighted by Crippen LogP contribution is -2.43. The number of halogens is 1. The molecule has 1 aliphatic heterocycles. The lowest BCUT2D eigenvalue weighted by molar-refractivity contribution is -0.119. The molecule has 1 aliphatic rings. The Kier molecular flexibility index (Phi) is 5.18. The molecule has 6 nitrogen and oxygen atoms in total. The average Bonchev–Trinajstić information content (AvgIpc) is 3.41. The van der Waals surface area contributed by atoms with E-state index in [-0.39, 0.29) is 10.8 Å². The summed E-state index contributed by atoms with van der Waals surface area (Å²) in [6.07, 6.45) is 1.09. The van der Waals surface area contributed by atoms with Gasteiger partial charge in [-0.1, -0.05) is 53.3 Å². The first-order valence-corrected chi connectivity index (χ1v) is 12.4. The van der Waals surface area contributed by atoms with Gasteiger partial charge in [0, 0.05) is 17.0 Å². The molecule has 1 fully saturated rings. The molecule has 9 heteroatoms. The van der Waals surface area contributed by atoms with Gasteiger partial charge in [-0.2, -0.15) is 4.31 Å². The van der Waals surface area contributed by atoms with Crippen molar-refractivity contribution in [2.75, 3.05) is 11.9 Å². The molecule has 1 atom stereocenters. The first kappa shape index (κ1) is 20.4. The number of anilines is 1. The number of hydrogen-bond donors (Lipinski definition) is 1. The Hall–Kier alpha value is -2.52. The van der Waals surface area contributed by atoms with Crippen LogP contribution in [0.4, 0.5) is 5.13 Å². The van der Waals surface area contributed by atoms with Crippen LogP contribution in [0.3, 0.4) is 0 Å². The summed E-state index contributed by atoms with van der Waals surface area (Å²) in [6.45, 7) is 0.299. The van der Waals surface area contributed by atoms with E-state index in [1.807, 2.05) is 36.4 Å². The summed E-state index contributed by atoms with van der Waals surface area (Å²) in [4.78, 5) is 17.7. The standard InChI is InChI=1S/C22H18ClN3O3S2/c23-15-8-10-16(11-9-15)31(28,29)26-13-3-6-19(26)21(27)25-22-24-18-12-7-14-4-1-2-5-17(14)20(18)30-22/h1-2,4-5,7-12,19H,3,6,13H2,(H,24,25,27). The summed E-state index contributed by atoms with van der Waals surface area (Å²) in [7, 11) is -3.80. The van der Waals surface area contributed by atoms with Gasteiger partial charge in [0.05, 0.1) is 15.1 Å². The van der Waals surface area contributed by atoms with Crippen LogP contribution in [0.2, 0.25) is 5.02 Å². The summed E-state index contributed by atoms with van der Waals surface area (Å²) in [6, 6.07) is 17.2. The van der Waals surface area contributed by atoms with Gasteiger partial charge in [-0.3, -0.25) is 4.79 Å². The lowest BCUT2D eigenvalue weighted by atomic mass is 10.1. The van der Waals surface area contributed by atoms with Crippen molar-refractivity contribution in [1.29, 1.82) is 0 Å². The fourth-order valence-corrected chi connectivity index (χ4v) is 6.72. The summed E-state index contributed by atoms with van der Waals surface area (Å²) < 4.78 is 28.4. The van der Waals surface area contributed by atoms with Gasteiger partial charge >= 0.3 is 0 Å². The highest BCUT2D eigenvalue weighted by molar-refractivity contribution is 7.89. The second-order valence-corrected chi connectivity index (χ2v) is 10.7. The van der Waals surface area contributed by atoms with Crippen molar-refractivity contribution in [3.63, 3.8) is 0 Å². The minimum Gasteiger partial charge on any atom is -0.301 e. The smallest absolute Gasteiger partial charge is 0.244 e. The van der Waals surface area contributed by atoms with E-state index in [0.29, 0.717) is 29.5 Å². The third-order valence-electron chi connectivity index (χ3n) is 5.44. The summed E-state index contributed by atoms with van der Waals surface area (Å²) in [5.41, 5.74) is 0.802. The van der Waals surface area contributed by atoms with Crippen LogP contribution in [0.1, 0.15) is 12.8 Å². The maximum atomic E-state index is 13.1. The van der Waals surface area contributed by atoms with Crippen molar-refractivity contribution in [2.45, 2.75) is 23.8 Å². The number of carbonyl (C=O) groups excluding carboxylic acids is 1. The fraction of sp³-hybridized carbons (Fsp3) is 0.182. The van der Waals surface area contributed by atoms with Gasteiger partial charge in [0.1, 0.15) is 6.04 Å². The van der Waals surface area contributed by atoms with Crippen LogP contribution in [-0.2, 0) is 14.8 Å². The van der Waals surface area contributed by atoms with E-state index in [9.17, 15) is 13.2 Å². The molecule has 31 heavy (non-hydrogen) atoms. The first-order chi connectivity index (χ1) is 14.9. The normalized spacial score (nSPS) is 17.4. The zero-order valence-corrected chi connectivity index (χ0v) is 18.7. The molecule has 1 N–H and O–H groups in total. The fourth-order valence-electron chi connectivity index (χ4n) is 3.93. The molecule has 5 rings (SSSR count). The van der Waals surface area contributed by atoms with Crippen LogP contribution in [-0.4, -0.2) is 36.2 Å². The van der Waals surface area contributed by atoms with E-state index in [4.69, 9.17) is 11.6 Å². The van der Waals surface area contributed by atoms with E-state index < -0.39 is 16.1 Å². The van der Waals surface area contributed by atoms with Gasteiger partial charge in [0.25, 0.3) is 0 Å². The van der Waals surface area contributed by atoms with Crippen molar-refractivity contribution in [3.05, 3.63) is 65.7 Å². The maximum Gasteiger partial charge on any atom is 0.244 e. The Labute approximate surface area is 188 Å². The zero-order valence-electron chi connectivity index (χ0n) is 16.3. The Morgan fingerprint density at radius 1 is 1.10 bits per heavy atom. The molecule has 0 spiro atoms. The molecule has 0 bridgehead atoms. The van der Waals surface area contributed by atoms with Crippen molar-refractivity contribution < 1.29 is 13.2 Å². The van der Waals surface area contributed by atoms with Crippen LogP contribution >= 0.6 is 22.9 Å². The van der Waals surface area contributed by atoms with Crippen molar-refractivity contribution in [2.24, 2.45) is 0 Å². The van der Waals surface area contributed by atoms with Crippen molar-refractivity contribution >= 4 is 65.0 Å². The number of benzene rings is 3. The quantitative estimate of drug-likeness (QED) is 0.459. The highest BCUT2D eigenvalue weighted by atomic mass is 35.5. The molecule has 1 aromatic heterocycles. The SMILES string of the molecule is O=C(Nc1nc2ccc3ccccc3c2s1)C1CCCN1S(=O)(=O)c1ccc(Cl)cc1. The number of carbonyl (C=O) groups is 1. The Bertz CT molecular complexity index is 1400. The minimum absolute atomic E-state index is 0.128. The van der Waals surface area contributed by atoms with Gasteiger partial charge < -0.3 is 5.32 Å². The highest BCUT2D eigenvalue weighted by Crippen LogP contribution is 2.33. The number of sulfonamides is 1. The molecule has 3 aromatic carbocycles. The molecule has 4 aromatic rings. The summed E-state index contributed by atoms with van der Waals surface area (Å²) >= 11 is 7.28. The molecule has 2 heterocycles. The molecule has 1 unspecified atom stereocenters. The number of fused-ring (bicyclic) bond motifs is 3. The second-order valence-electron chi connectivity index (χ2n) is 7.37. The maximum absolute atomic E-state index is 13.1. The third kappa shape index (κ3) is 3.70. The Morgan fingerprint density at radius 2 is 1.87 bits per heavy atom. The minimum atomic E-state index is -3.80. The number of thiazole rings is 1. The predicted octanol–water partition coefficient (Wildman–Crippen LogP) is 4.89. The number of aromatic nitrogens is 1. The molecule has 1 saturated heterocycles. The second kappa shape index (κ2) is 7.87. The molecular weight excluding hydrogens is 454 g/mol. The molecule has 0 saturated carbocycles. The van der Waals surface area contributed by atoms with Gasteiger partial charge in [-0.25, -0.2) is 13.4 Å². The van der Waals surface area contributed by atoms with Crippen LogP contribution in [0.5, 0.6) is 0 Å².